The van der Waals surface area contributed by atoms with Gasteiger partial charge in [0.15, 0.2) is 28.8 Å². The molecule has 0 saturated heterocycles. The van der Waals surface area contributed by atoms with E-state index >= 15 is 0 Å². The molecule has 2 N–H and O–H groups in total. The van der Waals surface area contributed by atoms with Crippen molar-refractivity contribution >= 4 is 11.8 Å². The maximum atomic E-state index is 13.9. The van der Waals surface area contributed by atoms with Crippen LogP contribution in [-0.4, -0.2) is 44.3 Å². The Balaban J connectivity index is 1.54. The highest BCUT2D eigenvalue weighted by Crippen LogP contribution is 2.47. The summed E-state index contributed by atoms with van der Waals surface area (Å²) in [6.45, 7) is 1.85. The fourth-order valence-electron chi connectivity index (χ4n) is 6.27. The van der Waals surface area contributed by atoms with E-state index in [4.69, 9.17) is 18.9 Å². The highest BCUT2D eigenvalue weighted by molar-refractivity contribution is 6.04. The Morgan fingerprint density at radius 1 is 0.875 bits per heavy atom. The molecule has 1 aliphatic heterocycles. The summed E-state index contributed by atoms with van der Waals surface area (Å²) in [7, 11) is 4.66. The van der Waals surface area contributed by atoms with E-state index in [0.717, 1.165) is 43.4 Å². The Labute approximate surface area is 235 Å². The smallest absolute Gasteiger partial charge is 0.337 e. The van der Waals surface area contributed by atoms with Crippen LogP contribution in [-0.2, 0) is 14.3 Å². The lowest BCUT2D eigenvalue weighted by Gasteiger charge is -2.37. The molecule has 0 radical (unpaired) electrons. The highest BCUT2D eigenvalue weighted by Gasteiger charge is 2.42. The van der Waals surface area contributed by atoms with Gasteiger partial charge in [0.25, 0.3) is 0 Å². The molecule has 0 amide bonds. The fourth-order valence-corrected chi connectivity index (χ4v) is 6.27. The van der Waals surface area contributed by atoms with Crippen LogP contribution in [0.4, 0.5) is 0 Å². The number of phenols is 1. The Morgan fingerprint density at radius 2 is 1.55 bits per heavy atom. The number of ether oxygens (including phenoxy) is 4. The molecule has 8 nitrogen and oxygen atoms in total. The van der Waals surface area contributed by atoms with Crippen LogP contribution < -0.4 is 19.5 Å². The van der Waals surface area contributed by atoms with Crippen molar-refractivity contribution in [3.63, 3.8) is 0 Å². The minimum atomic E-state index is -0.664. The standard InChI is InChI=1S/C32H37NO7/c1-18-29(32(36)40-22-8-6-5-7-9-22)30(20-11-12-26(37-2)24(34)15-20)31-23(33-18)14-21(16-25(31)35)19-10-13-27(38-3)28(17-19)39-4/h10-13,15,17,21-22,30,33-34H,5-9,14,16H2,1-4H3/t21-,30-/m1/s1. The second kappa shape index (κ2) is 11.7. The lowest BCUT2D eigenvalue weighted by atomic mass is 9.71. The van der Waals surface area contributed by atoms with E-state index in [0.29, 0.717) is 46.1 Å². The molecule has 40 heavy (non-hydrogen) atoms. The maximum Gasteiger partial charge on any atom is 0.337 e. The minimum Gasteiger partial charge on any atom is -0.504 e. The summed E-state index contributed by atoms with van der Waals surface area (Å²) in [4.78, 5) is 27.6. The molecule has 2 atom stereocenters. The first-order valence-corrected chi connectivity index (χ1v) is 13.9. The second-order valence-electron chi connectivity index (χ2n) is 10.7. The number of allylic oxidation sites excluding steroid dienone is 3. The number of rotatable bonds is 7. The molecule has 1 fully saturated rings. The van der Waals surface area contributed by atoms with E-state index in [1.54, 1.807) is 32.4 Å². The van der Waals surface area contributed by atoms with Gasteiger partial charge >= 0.3 is 5.97 Å². The Hall–Kier alpha value is -3.94. The van der Waals surface area contributed by atoms with Crippen molar-refractivity contribution < 1.29 is 33.6 Å². The maximum absolute atomic E-state index is 13.9. The first kappa shape index (κ1) is 27.6. The van der Waals surface area contributed by atoms with Gasteiger partial charge in [0.2, 0.25) is 0 Å². The van der Waals surface area contributed by atoms with E-state index in [2.05, 4.69) is 5.32 Å². The summed E-state index contributed by atoms with van der Waals surface area (Å²) in [5.41, 5.74) is 4.00. The number of hydrogen-bond donors (Lipinski definition) is 2. The highest BCUT2D eigenvalue weighted by atomic mass is 16.5. The molecular weight excluding hydrogens is 510 g/mol. The number of phenolic OH excluding ortho intramolecular Hbond substituents is 1. The average Bonchev–Trinajstić information content (AvgIpc) is 2.96. The lowest BCUT2D eigenvalue weighted by molar-refractivity contribution is -0.146. The number of Topliss-reactive ketones (excluding diaryl/α,β-unsaturated/α-hetero) is 1. The Kier molecular flexibility index (Phi) is 8.05. The van der Waals surface area contributed by atoms with Gasteiger partial charge in [0.05, 0.1) is 26.9 Å². The van der Waals surface area contributed by atoms with Gasteiger partial charge in [-0.05, 0) is 80.3 Å². The van der Waals surface area contributed by atoms with Crippen LogP contribution in [0.5, 0.6) is 23.0 Å². The quantitative estimate of drug-likeness (QED) is 0.429. The van der Waals surface area contributed by atoms with Crippen LogP contribution in [0.1, 0.15) is 74.8 Å². The predicted molar refractivity (Wildman–Crippen MR) is 150 cm³/mol. The third-order valence-electron chi connectivity index (χ3n) is 8.29. The molecule has 212 valence electrons. The van der Waals surface area contributed by atoms with Crippen LogP contribution in [0.3, 0.4) is 0 Å². The number of benzene rings is 2. The molecule has 0 unspecified atom stereocenters. The number of ketones is 1. The van der Waals surface area contributed by atoms with Crippen molar-refractivity contribution in [2.75, 3.05) is 21.3 Å². The summed E-state index contributed by atoms with van der Waals surface area (Å²) in [6, 6.07) is 10.8. The minimum absolute atomic E-state index is 0.0511. The molecule has 8 heteroatoms. The molecule has 0 spiro atoms. The molecule has 1 heterocycles. The van der Waals surface area contributed by atoms with E-state index < -0.39 is 11.9 Å². The van der Waals surface area contributed by atoms with Gasteiger partial charge in [-0.2, -0.15) is 0 Å². The van der Waals surface area contributed by atoms with Crippen molar-refractivity contribution in [1.82, 2.24) is 5.32 Å². The van der Waals surface area contributed by atoms with Gasteiger partial charge < -0.3 is 29.4 Å². The molecule has 2 aromatic rings. The zero-order valence-corrected chi connectivity index (χ0v) is 23.5. The number of esters is 1. The van der Waals surface area contributed by atoms with Crippen molar-refractivity contribution in [2.45, 2.75) is 69.8 Å². The van der Waals surface area contributed by atoms with Crippen LogP contribution in [0.2, 0.25) is 0 Å². The zero-order chi connectivity index (χ0) is 28.4. The molecule has 2 aromatic carbocycles. The summed E-state index contributed by atoms with van der Waals surface area (Å²) in [5, 5.41) is 14.0. The summed E-state index contributed by atoms with van der Waals surface area (Å²) < 4.78 is 22.1. The number of aromatic hydroxyl groups is 1. The van der Waals surface area contributed by atoms with E-state index in [-0.39, 0.29) is 30.0 Å². The predicted octanol–water partition coefficient (Wildman–Crippen LogP) is 5.66. The number of hydrogen-bond acceptors (Lipinski definition) is 8. The van der Waals surface area contributed by atoms with Gasteiger partial charge in [-0.25, -0.2) is 4.79 Å². The third-order valence-corrected chi connectivity index (χ3v) is 8.29. The van der Waals surface area contributed by atoms with Crippen molar-refractivity contribution in [3.05, 3.63) is 70.1 Å². The summed E-state index contributed by atoms with van der Waals surface area (Å²) in [6.07, 6.45) is 5.65. The number of nitrogens with one attached hydrogen (secondary N) is 1. The van der Waals surface area contributed by atoms with Gasteiger partial charge in [0, 0.05) is 29.3 Å². The Bertz CT molecular complexity index is 1370. The van der Waals surface area contributed by atoms with Crippen molar-refractivity contribution in [2.24, 2.45) is 0 Å². The zero-order valence-electron chi connectivity index (χ0n) is 23.5. The SMILES string of the molecule is COc1ccc([C@@H]2C(C(=O)OC3CCCCC3)=C(C)NC3=C2C(=O)C[C@H](c2ccc(OC)c(OC)c2)C3)cc1O. The average molecular weight is 548 g/mol. The first-order valence-electron chi connectivity index (χ1n) is 13.9. The van der Waals surface area contributed by atoms with Gasteiger partial charge in [-0.1, -0.05) is 18.6 Å². The topological polar surface area (TPSA) is 103 Å². The Morgan fingerprint density at radius 3 is 2.23 bits per heavy atom. The largest absolute Gasteiger partial charge is 0.504 e. The molecule has 2 aliphatic carbocycles. The first-order chi connectivity index (χ1) is 19.3. The van der Waals surface area contributed by atoms with E-state index in [9.17, 15) is 14.7 Å². The second-order valence-corrected chi connectivity index (χ2v) is 10.7. The summed E-state index contributed by atoms with van der Waals surface area (Å²) in [5.74, 6) is 0.299. The molecule has 5 rings (SSSR count). The van der Waals surface area contributed by atoms with Gasteiger partial charge in [0.1, 0.15) is 6.10 Å². The van der Waals surface area contributed by atoms with Crippen LogP contribution in [0, 0.1) is 0 Å². The third kappa shape index (κ3) is 5.27. The van der Waals surface area contributed by atoms with Crippen LogP contribution in [0.15, 0.2) is 58.9 Å². The fraction of sp³-hybridized carbons (Fsp3) is 0.438. The van der Waals surface area contributed by atoms with Crippen molar-refractivity contribution in [1.29, 1.82) is 0 Å². The van der Waals surface area contributed by atoms with Crippen LogP contribution in [0.25, 0.3) is 0 Å². The molecular formula is C32H37NO7. The number of carbonyl (C=O) groups is 2. The lowest BCUT2D eigenvalue weighted by Crippen LogP contribution is -2.37. The molecule has 0 bridgehead atoms. The summed E-state index contributed by atoms with van der Waals surface area (Å²) >= 11 is 0. The molecule has 3 aliphatic rings. The van der Waals surface area contributed by atoms with Crippen molar-refractivity contribution in [3.8, 4) is 23.0 Å². The monoisotopic (exact) mass is 547 g/mol. The molecule has 1 saturated carbocycles. The van der Waals surface area contributed by atoms with Gasteiger partial charge in [-0.3, -0.25) is 4.79 Å². The normalized spacial score (nSPS) is 21.4. The number of methoxy groups -OCH3 is 3. The van der Waals surface area contributed by atoms with E-state index in [1.807, 2.05) is 25.1 Å². The molecule has 0 aromatic heterocycles. The van der Waals surface area contributed by atoms with Crippen LogP contribution >= 0.6 is 0 Å². The number of dihydropyridines is 1. The van der Waals surface area contributed by atoms with Gasteiger partial charge in [-0.15, -0.1) is 0 Å². The van der Waals surface area contributed by atoms with E-state index in [1.165, 1.54) is 7.11 Å². The number of carbonyl (C=O) groups excluding carboxylic acids is 2.